The van der Waals surface area contributed by atoms with E-state index in [1.807, 2.05) is 44.2 Å². The molecule has 2 aromatic carbocycles. The van der Waals surface area contributed by atoms with Crippen LogP contribution in [0.1, 0.15) is 28.5 Å². The monoisotopic (exact) mass is 392 g/mol. The highest BCUT2D eigenvalue weighted by molar-refractivity contribution is 5.79. The van der Waals surface area contributed by atoms with E-state index < -0.39 is 0 Å². The Balaban J connectivity index is 1.39. The van der Waals surface area contributed by atoms with Gasteiger partial charge in [0.05, 0.1) is 12.2 Å². The van der Waals surface area contributed by atoms with Gasteiger partial charge in [0.25, 0.3) is 0 Å². The number of hydrogen-bond donors (Lipinski definition) is 2. The molecule has 3 aromatic rings. The Hall–Kier alpha value is -3.28. The Kier molecular flexibility index (Phi) is 7.28. The molecule has 0 amide bonds. The molecule has 0 unspecified atom stereocenters. The van der Waals surface area contributed by atoms with Crippen molar-refractivity contribution >= 4 is 5.96 Å². The molecule has 1 heterocycles. The van der Waals surface area contributed by atoms with Gasteiger partial charge in [-0.2, -0.15) is 0 Å². The predicted octanol–water partition coefficient (Wildman–Crippen LogP) is 3.78. The molecular weight excluding hydrogens is 364 g/mol. The van der Waals surface area contributed by atoms with E-state index in [0.717, 1.165) is 41.7 Å². The SMILES string of the molecule is CN=C(NCCc1ccc(OCc2ccccc2)cc1)NCc1nc(C)c(C)o1. The van der Waals surface area contributed by atoms with E-state index in [1.54, 1.807) is 7.05 Å². The van der Waals surface area contributed by atoms with Crippen LogP contribution in [0, 0.1) is 13.8 Å². The average molecular weight is 393 g/mol. The van der Waals surface area contributed by atoms with Crippen molar-refractivity contribution in [3.8, 4) is 5.75 Å². The Labute approximate surface area is 172 Å². The van der Waals surface area contributed by atoms with Crippen molar-refractivity contribution in [2.45, 2.75) is 33.4 Å². The quantitative estimate of drug-likeness (QED) is 0.451. The molecule has 152 valence electrons. The summed E-state index contributed by atoms with van der Waals surface area (Å²) in [6.07, 6.45) is 0.886. The number of benzene rings is 2. The second-order valence-electron chi connectivity index (χ2n) is 6.77. The molecule has 0 saturated heterocycles. The summed E-state index contributed by atoms with van der Waals surface area (Å²) < 4.78 is 11.4. The topological polar surface area (TPSA) is 71.7 Å². The third-order valence-corrected chi connectivity index (χ3v) is 4.58. The van der Waals surface area contributed by atoms with Gasteiger partial charge < -0.3 is 19.8 Å². The number of guanidine groups is 1. The van der Waals surface area contributed by atoms with Gasteiger partial charge in [0.1, 0.15) is 18.1 Å². The summed E-state index contributed by atoms with van der Waals surface area (Å²) in [5, 5.41) is 6.53. The fourth-order valence-electron chi connectivity index (χ4n) is 2.81. The normalized spacial score (nSPS) is 11.3. The Morgan fingerprint density at radius 1 is 1.00 bits per heavy atom. The maximum Gasteiger partial charge on any atom is 0.214 e. The summed E-state index contributed by atoms with van der Waals surface area (Å²) in [6.45, 7) is 5.70. The molecule has 3 rings (SSSR count). The van der Waals surface area contributed by atoms with Gasteiger partial charge in [-0.3, -0.25) is 4.99 Å². The van der Waals surface area contributed by atoms with Crippen molar-refractivity contribution in [2.75, 3.05) is 13.6 Å². The second kappa shape index (κ2) is 10.3. The smallest absolute Gasteiger partial charge is 0.214 e. The van der Waals surface area contributed by atoms with Crippen molar-refractivity contribution in [1.82, 2.24) is 15.6 Å². The minimum Gasteiger partial charge on any atom is -0.489 e. The van der Waals surface area contributed by atoms with E-state index in [0.29, 0.717) is 19.0 Å². The van der Waals surface area contributed by atoms with Crippen LogP contribution < -0.4 is 15.4 Å². The molecule has 1 aromatic heterocycles. The molecule has 0 radical (unpaired) electrons. The predicted molar refractivity (Wildman–Crippen MR) is 115 cm³/mol. The van der Waals surface area contributed by atoms with Crippen LogP contribution in [-0.4, -0.2) is 24.5 Å². The van der Waals surface area contributed by atoms with Crippen LogP contribution in [0.2, 0.25) is 0 Å². The highest BCUT2D eigenvalue weighted by Crippen LogP contribution is 2.14. The first kappa shape index (κ1) is 20.5. The lowest BCUT2D eigenvalue weighted by molar-refractivity contribution is 0.306. The molecule has 29 heavy (non-hydrogen) atoms. The van der Waals surface area contributed by atoms with E-state index in [2.05, 4.69) is 44.9 Å². The zero-order valence-electron chi connectivity index (χ0n) is 17.2. The number of aromatic nitrogens is 1. The highest BCUT2D eigenvalue weighted by Gasteiger charge is 2.06. The van der Waals surface area contributed by atoms with Crippen LogP contribution in [-0.2, 0) is 19.6 Å². The second-order valence-corrected chi connectivity index (χ2v) is 6.77. The van der Waals surface area contributed by atoms with Crippen LogP contribution in [0.25, 0.3) is 0 Å². The van der Waals surface area contributed by atoms with E-state index in [9.17, 15) is 0 Å². The Morgan fingerprint density at radius 2 is 1.76 bits per heavy atom. The zero-order chi connectivity index (χ0) is 20.5. The molecular formula is C23H28N4O2. The minimum absolute atomic E-state index is 0.502. The fourth-order valence-corrected chi connectivity index (χ4v) is 2.81. The van der Waals surface area contributed by atoms with Gasteiger partial charge in [-0.25, -0.2) is 4.98 Å². The third-order valence-electron chi connectivity index (χ3n) is 4.58. The van der Waals surface area contributed by atoms with Gasteiger partial charge in [-0.05, 0) is 43.5 Å². The van der Waals surface area contributed by atoms with Crippen molar-refractivity contribution in [2.24, 2.45) is 4.99 Å². The van der Waals surface area contributed by atoms with Crippen LogP contribution in [0.5, 0.6) is 5.75 Å². The van der Waals surface area contributed by atoms with Gasteiger partial charge in [-0.15, -0.1) is 0 Å². The van der Waals surface area contributed by atoms with Gasteiger partial charge in [-0.1, -0.05) is 42.5 Å². The number of ether oxygens (including phenoxy) is 1. The van der Waals surface area contributed by atoms with E-state index >= 15 is 0 Å². The van der Waals surface area contributed by atoms with Crippen molar-refractivity contribution < 1.29 is 9.15 Å². The standard InChI is InChI=1S/C23H28N4O2/c1-17-18(2)29-22(27-17)15-26-23(24-3)25-14-13-19-9-11-21(12-10-19)28-16-20-7-5-4-6-8-20/h4-12H,13-16H2,1-3H3,(H2,24,25,26). The van der Waals surface area contributed by atoms with Crippen LogP contribution in [0.3, 0.4) is 0 Å². The first-order valence-corrected chi connectivity index (χ1v) is 9.77. The lowest BCUT2D eigenvalue weighted by Gasteiger charge is -2.11. The molecule has 0 spiro atoms. The minimum atomic E-state index is 0.502. The number of nitrogens with one attached hydrogen (secondary N) is 2. The molecule has 2 N–H and O–H groups in total. The van der Waals surface area contributed by atoms with Crippen LogP contribution >= 0.6 is 0 Å². The summed E-state index contributed by atoms with van der Waals surface area (Å²) in [4.78, 5) is 8.60. The van der Waals surface area contributed by atoms with Gasteiger partial charge >= 0.3 is 0 Å². The molecule has 0 aliphatic heterocycles. The molecule has 0 aliphatic carbocycles. The lowest BCUT2D eigenvalue weighted by atomic mass is 10.1. The number of nitrogens with zero attached hydrogens (tertiary/aromatic N) is 2. The Morgan fingerprint density at radius 3 is 2.41 bits per heavy atom. The van der Waals surface area contributed by atoms with E-state index in [1.165, 1.54) is 5.56 Å². The summed E-state index contributed by atoms with van der Waals surface area (Å²) in [6, 6.07) is 18.4. The molecule has 0 fully saturated rings. The van der Waals surface area contributed by atoms with Crippen LogP contribution in [0.4, 0.5) is 0 Å². The maximum atomic E-state index is 5.83. The summed E-state index contributed by atoms with van der Waals surface area (Å²) in [5.74, 6) is 3.11. The number of oxazole rings is 1. The fraction of sp³-hybridized carbons (Fsp3) is 0.304. The Bertz CT molecular complexity index is 898. The van der Waals surface area contributed by atoms with E-state index in [-0.39, 0.29) is 0 Å². The maximum absolute atomic E-state index is 5.83. The van der Waals surface area contributed by atoms with Gasteiger partial charge in [0.2, 0.25) is 5.89 Å². The van der Waals surface area contributed by atoms with Gasteiger partial charge in [0.15, 0.2) is 5.96 Å². The first-order valence-electron chi connectivity index (χ1n) is 9.77. The zero-order valence-corrected chi connectivity index (χ0v) is 17.2. The van der Waals surface area contributed by atoms with Crippen molar-refractivity contribution in [3.05, 3.63) is 83.1 Å². The third kappa shape index (κ3) is 6.38. The van der Waals surface area contributed by atoms with Crippen molar-refractivity contribution in [1.29, 1.82) is 0 Å². The summed E-state index contributed by atoms with van der Waals surface area (Å²) in [7, 11) is 1.75. The van der Waals surface area contributed by atoms with E-state index in [4.69, 9.17) is 9.15 Å². The number of rotatable bonds is 8. The highest BCUT2D eigenvalue weighted by atomic mass is 16.5. The molecule has 6 heteroatoms. The van der Waals surface area contributed by atoms with Crippen LogP contribution in [0.15, 0.2) is 64.0 Å². The average Bonchev–Trinajstić information content (AvgIpc) is 3.08. The summed E-state index contributed by atoms with van der Waals surface area (Å²) >= 11 is 0. The van der Waals surface area contributed by atoms with Gasteiger partial charge in [0, 0.05) is 13.6 Å². The lowest BCUT2D eigenvalue weighted by Crippen LogP contribution is -2.37. The largest absolute Gasteiger partial charge is 0.489 e. The number of aryl methyl sites for hydroxylation is 2. The molecule has 0 bridgehead atoms. The van der Waals surface area contributed by atoms with Crippen molar-refractivity contribution in [3.63, 3.8) is 0 Å². The molecule has 0 saturated carbocycles. The number of hydrogen-bond acceptors (Lipinski definition) is 4. The molecule has 0 atom stereocenters. The number of aliphatic imine (C=N–C) groups is 1. The summed E-state index contributed by atoms with van der Waals surface area (Å²) in [5.41, 5.74) is 3.31. The molecule has 6 nitrogen and oxygen atoms in total. The first-order chi connectivity index (χ1) is 14.1. The molecule has 0 aliphatic rings.